The first-order valence-corrected chi connectivity index (χ1v) is 8.51. The summed E-state index contributed by atoms with van der Waals surface area (Å²) in [6.07, 6.45) is 0.756. The Bertz CT molecular complexity index is 1100. The fourth-order valence-corrected chi connectivity index (χ4v) is 3.35. The normalized spacial score (nSPS) is 10.6. The molecule has 0 amide bonds. The number of aromatic amines is 1. The largest absolute Gasteiger partial charge is 0.497 e. The molecule has 1 N–H and O–H groups in total. The fourth-order valence-electron chi connectivity index (χ4n) is 3.35. The number of fused-ring (bicyclic) bond motifs is 1. The number of nitrogens with one attached hydrogen (secondary N) is 1. The van der Waals surface area contributed by atoms with Crippen molar-refractivity contribution in [2.75, 3.05) is 7.11 Å². The molecule has 0 bridgehead atoms. The van der Waals surface area contributed by atoms with E-state index >= 15 is 0 Å². The second-order valence-electron chi connectivity index (χ2n) is 6.25. The molecule has 3 nitrogen and oxygen atoms in total. The van der Waals surface area contributed by atoms with Crippen molar-refractivity contribution in [2.24, 2.45) is 0 Å². The van der Waals surface area contributed by atoms with Gasteiger partial charge in [-0.25, -0.2) is 0 Å². The van der Waals surface area contributed by atoms with E-state index in [1.807, 2.05) is 48.5 Å². The van der Waals surface area contributed by atoms with Gasteiger partial charge in [0.05, 0.1) is 24.4 Å². The zero-order chi connectivity index (χ0) is 17.9. The smallest absolute Gasteiger partial charge is 0.120 e. The molecule has 26 heavy (non-hydrogen) atoms. The number of benzene rings is 3. The van der Waals surface area contributed by atoms with Crippen molar-refractivity contribution in [2.45, 2.75) is 6.42 Å². The number of H-pyrrole nitrogens is 1. The third-order valence-electron chi connectivity index (χ3n) is 4.61. The topological polar surface area (TPSA) is 48.8 Å². The molecule has 0 fully saturated rings. The summed E-state index contributed by atoms with van der Waals surface area (Å²) < 4.78 is 5.37. The predicted octanol–water partition coefficient (Wildman–Crippen LogP) is 5.31. The van der Waals surface area contributed by atoms with Crippen LogP contribution in [-0.4, -0.2) is 12.1 Å². The van der Waals surface area contributed by atoms with Gasteiger partial charge in [-0.3, -0.25) is 0 Å². The summed E-state index contributed by atoms with van der Waals surface area (Å²) >= 11 is 0. The van der Waals surface area contributed by atoms with E-state index in [9.17, 15) is 5.26 Å². The van der Waals surface area contributed by atoms with Gasteiger partial charge < -0.3 is 9.72 Å². The van der Waals surface area contributed by atoms with Crippen molar-refractivity contribution >= 4 is 10.9 Å². The van der Waals surface area contributed by atoms with Crippen molar-refractivity contribution in [3.63, 3.8) is 0 Å². The molecule has 0 spiro atoms. The summed E-state index contributed by atoms with van der Waals surface area (Å²) in [6.45, 7) is 0. The average molecular weight is 338 g/mol. The second kappa shape index (κ2) is 6.78. The Hall–Kier alpha value is -3.51. The average Bonchev–Trinajstić information content (AvgIpc) is 3.06. The van der Waals surface area contributed by atoms with Gasteiger partial charge in [-0.1, -0.05) is 42.5 Å². The predicted molar refractivity (Wildman–Crippen MR) is 104 cm³/mol. The Morgan fingerprint density at radius 2 is 1.81 bits per heavy atom. The SMILES string of the molecule is COc1ccc2c(Cc3cccc(C#N)c3)c(-c3ccccc3)[nH]c2c1. The van der Waals surface area contributed by atoms with E-state index in [4.69, 9.17) is 4.74 Å². The molecule has 0 aliphatic heterocycles. The van der Waals surface area contributed by atoms with Crippen LogP contribution in [0.3, 0.4) is 0 Å². The van der Waals surface area contributed by atoms with Gasteiger partial charge in [-0.05, 0) is 41.0 Å². The van der Waals surface area contributed by atoms with Crippen molar-refractivity contribution in [1.82, 2.24) is 4.98 Å². The fraction of sp³-hybridized carbons (Fsp3) is 0.0870. The molecule has 0 unspecified atom stereocenters. The number of aromatic nitrogens is 1. The molecule has 126 valence electrons. The lowest BCUT2D eigenvalue weighted by molar-refractivity contribution is 0.415. The monoisotopic (exact) mass is 338 g/mol. The van der Waals surface area contributed by atoms with Gasteiger partial charge >= 0.3 is 0 Å². The molecule has 3 heteroatoms. The number of ether oxygens (including phenoxy) is 1. The molecule has 0 radical (unpaired) electrons. The van der Waals surface area contributed by atoms with E-state index in [1.54, 1.807) is 7.11 Å². The van der Waals surface area contributed by atoms with E-state index in [0.717, 1.165) is 34.5 Å². The molecule has 0 atom stereocenters. The summed E-state index contributed by atoms with van der Waals surface area (Å²) in [7, 11) is 1.68. The van der Waals surface area contributed by atoms with Crippen LogP contribution in [0.1, 0.15) is 16.7 Å². The highest BCUT2D eigenvalue weighted by molar-refractivity contribution is 5.92. The molecule has 1 heterocycles. The highest BCUT2D eigenvalue weighted by atomic mass is 16.5. The number of methoxy groups -OCH3 is 1. The number of hydrogen-bond acceptors (Lipinski definition) is 2. The van der Waals surface area contributed by atoms with Crippen LogP contribution in [0.25, 0.3) is 22.2 Å². The standard InChI is InChI=1S/C23H18N2O/c1-26-19-10-11-20-21(13-16-6-5-7-17(12-16)15-24)23(25-22(20)14-19)18-8-3-2-4-9-18/h2-12,14,25H,13H2,1H3. The number of hydrogen-bond donors (Lipinski definition) is 1. The minimum Gasteiger partial charge on any atom is -0.497 e. The Morgan fingerprint density at radius 3 is 2.58 bits per heavy atom. The van der Waals surface area contributed by atoms with Crippen LogP contribution in [0.5, 0.6) is 5.75 Å². The first-order valence-electron chi connectivity index (χ1n) is 8.51. The summed E-state index contributed by atoms with van der Waals surface area (Å²) in [6, 6.07) is 26.4. The molecule has 4 rings (SSSR count). The van der Waals surface area contributed by atoms with Gasteiger partial charge in [-0.15, -0.1) is 0 Å². The van der Waals surface area contributed by atoms with Crippen LogP contribution in [-0.2, 0) is 6.42 Å². The molecular formula is C23H18N2O. The van der Waals surface area contributed by atoms with Crippen molar-refractivity contribution in [1.29, 1.82) is 5.26 Å². The third-order valence-corrected chi connectivity index (χ3v) is 4.61. The van der Waals surface area contributed by atoms with E-state index in [2.05, 4.69) is 35.3 Å². The number of nitriles is 1. The van der Waals surface area contributed by atoms with Crippen LogP contribution < -0.4 is 4.74 Å². The van der Waals surface area contributed by atoms with Gasteiger partial charge in [0, 0.05) is 23.4 Å². The molecule has 3 aromatic carbocycles. The van der Waals surface area contributed by atoms with E-state index in [-0.39, 0.29) is 0 Å². The Labute approximate surface area is 152 Å². The lowest BCUT2D eigenvalue weighted by atomic mass is 9.97. The molecular weight excluding hydrogens is 320 g/mol. The van der Waals surface area contributed by atoms with Crippen LogP contribution in [0, 0.1) is 11.3 Å². The van der Waals surface area contributed by atoms with Gasteiger partial charge in [0.1, 0.15) is 5.75 Å². The molecule has 1 aromatic heterocycles. The summed E-state index contributed by atoms with van der Waals surface area (Å²) in [5.41, 5.74) is 6.34. The molecule has 0 aliphatic rings. The Kier molecular flexibility index (Phi) is 4.17. The molecule has 0 saturated heterocycles. The summed E-state index contributed by atoms with van der Waals surface area (Å²) in [4.78, 5) is 3.56. The number of nitrogens with zero attached hydrogens (tertiary/aromatic N) is 1. The van der Waals surface area contributed by atoms with E-state index in [1.165, 1.54) is 10.9 Å². The van der Waals surface area contributed by atoms with Gasteiger partial charge in [0.2, 0.25) is 0 Å². The second-order valence-corrected chi connectivity index (χ2v) is 6.25. The van der Waals surface area contributed by atoms with E-state index in [0.29, 0.717) is 5.56 Å². The first kappa shape index (κ1) is 16.0. The highest BCUT2D eigenvalue weighted by Gasteiger charge is 2.14. The Balaban J connectivity index is 1.89. The van der Waals surface area contributed by atoms with Crippen molar-refractivity contribution < 1.29 is 4.74 Å². The maximum absolute atomic E-state index is 9.18. The minimum atomic E-state index is 0.685. The molecule has 0 aliphatic carbocycles. The molecule has 0 saturated carbocycles. The minimum absolute atomic E-state index is 0.685. The van der Waals surface area contributed by atoms with Crippen molar-refractivity contribution in [3.8, 4) is 23.1 Å². The quantitative estimate of drug-likeness (QED) is 0.548. The third kappa shape index (κ3) is 2.94. The van der Waals surface area contributed by atoms with Crippen LogP contribution in [0.2, 0.25) is 0 Å². The maximum atomic E-state index is 9.18. The zero-order valence-corrected chi connectivity index (χ0v) is 14.5. The van der Waals surface area contributed by atoms with Gasteiger partial charge in [0.25, 0.3) is 0 Å². The summed E-state index contributed by atoms with van der Waals surface area (Å²) in [5, 5.41) is 10.4. The number of rotatable bonds is 4. The lowest BCUT2D eigenvalue weighted by Crippen LogP contribution is -1.91. The van der Waals surface area contributed by atoms with Gasteiger partial charge in [-0.2, -0.15) is 5.26 Å². The van der Waals surface area contributed by atoms with Crippen LogP contribution >= 0.6 is 0 Å². The first-order chi connectivity index (χ1) is 12.8. The maximum Gasteiger partial charge on any atom is 0.120 e. The zero-order valence-electron chi connectivity index (χ0n) is 14.5. The van der Waals surface area contributed by atoms with Crippen LogP contribution in [0.15, 0.2) is 72.8 Å². The highest BCUT2D eigenvalue weighted by Crippen LogP contribution is 2.34. The summed E-state index contributed by atoms with van der Waals surface area (Å²) in [5.74, 6) is 0.830. The van der Waals surface area contributed by atoms with Gasteiger partial charge in [0.15, 0.2) is 0 Å². The molecule has 4 aromatic rings. The van der Waals surface area contributed by atoms with E-state index < -0.39 is 0 Å². The lowest BCUT2D eigenvalue weighted by Gasteiger charge is -2.06. The Morgan fingerprint density at radius 1 is 0.962 bits per heavy atom. The van der Waals surface area contributed by atoms with Crippen molar-refractivity contribution in [3.05, 3.63) is 89.5 Å². The van der Waals surface area contributed by atoms with Crippen LogP contribution in [0.4, 0.5) is 0 Å².